The van der Waals surface area contributed by atoms with Crippen LogP contribution in [0.1, 0.15) is 12.5 Å². The van der Waals surface area contributed by atoms with E-state index in [9.17, 15) is 9.18 Å². The van der Waals surface area contributed by atoms with Crippen LogP contribution in [0.3, 0.4) is 0 Å². The first-order valence-electron chi connectivity index (χ1n) is 11.1. The van der Waals surface area contributed by atoms with Gasteiger partial charge in [-0.05, 0) is 43.3 Å². The van der Waals surface area contributed by atoms with Crippen molar-refractivity contribution in [2.45, 2.75) is 19.4 Å². The topological polar surface area (TPSA) is 79.4 Å². The second-order valence-corrected chi connectivity index (χ2v) is 9.36. The monoisotopic (exact) mass is 477 g/mol. The van der Waals surface area contributed by atoms with Gasteiger partial charge in [-0.25, -0.2) is 9.18 Å². The van der Waals surface area contributed by atoms with E-state index < -0.39 is 5.82 Å². The van der Waals surface area contributed by atoms with E-state index in [1.807, 2.05) is 25.4 Å². The highest BCUT2D eigenvalue weighted by Gasteiger charge is 2.24. The number of rotatable bonds is 6. The molecule has 0 aliphatic carbocycles. The fraction of sp³-hybridized carbons (Fsp3) is 0.240. The van der Waals surface area contributed by atoms with Crippen LogP contribution in [0, 0.1) is 5.82 Å². The Hall–Kier alpha value is -3.56. The molecule has 9 heteroatoms. The summed E-state index contributed by atoms with van der Waals surface area (Å²) in [4.78, 5) is 24.1. The van der Waals surface area contributed by atoms with E-state index in [1.54, 1.807) is 18.3 Å². The van der Waals surface area contributed by atoms with Crippen molar-refractivity contribution < 1.29 is 13.9 Å². The summed E-state index contributed by atoms with van der Waals surface area (Å²) in [6.45, 7) is 3.70. The van der Waals surface area contributed by atoms with Crippen LogP contribution in [0.4, 0.5) is 14.9 Å². The third kappa shape index (κ3) is 4.71. The molecule has 7 nitrogen and oxygen atoms in total. The maximum absolute atomic E-state index is 14.8. The number of carbonyl (C=O) groups excluding carboxylic acids is 1. The number of fused-ring (bicyclic) bond motifs is 1. The highest BCUT2D eigenvalue weighted by molar-refractivity contribution is 7.22. The molecule has 5 rings (SSSR count). The number of hydrogen-bond acceptors (Lipinski definition) is 6. The number of anilines is 1. The van der Waals surface area contributed by atoms with Gasteiger partial charge >= 0.3 is 6.03 Å². The molecule has 1 aromatic carbocycles. The van der Waals surface area contributed by atoms with Gasteiger partial charge in [0.2, 0.25) is 0 Å². The number of pyridine rings is 2. The van der Waals surface area contributed by atoms with Crippen molar-refractivity contribution in [3.8, 4) is 22.1 Å². The van der Waals surface area contributed by atoms with Gasteiger partial charge in [-0.15, -0.1) is 11.3 Å². The number of ether oxygens (including phenoxy) is 1. The van der Waals surface area contributed by atoms with Crippen molar-refractivity contribution in [2.24, 2.45) is 0 Å². The molecule has 0 unspecified atom stereocenters. The highest BCUT2D eigenvalue weighted by Crippen LogP contribution is 2.39. The van der Waals surface area contributed by atoms with Gasteiger partial charge in [0, 0.05) is 43.3 Å². The number of aryl methyl sites for hydroxylation is 1. The molecule has 4 heterocycles. The molecule has 1 aliphatic heterocycles. The van der Waals surface area contributed by atoms with Gasteiger partial charge in [0.1, 0.15) is 5.75 Å². The summed E-state index contributed by atoms with van der Waals surface area (Å²) in [5.41, 5.74) is 3.15. The summed E-state index contributed by atoms with van der Waals surface area (Å²) in [7, 11) is 1.98. The van der Waals surface area contributed by atoms with Gasteiger partial charge in [0.25, 0.3) is 0 Å². The molecule has 34 heavy (non-hydrogen) atoms. The molecular formula is C25H24FN5O2S. The van der Waals surface area contributed by atoms with Crippen molar-refractivity contribution in [1.82, 2.24) is 20.2 Å². The summed E-state index contributed by atoms with van der Waals surface area (Å²) >= 11 is 1.50. The Bertz CT molecular complexity index is 1340. The van der Waals surface area contributed by atoms with Gasteiger partial charge in [-0.3, -0.25) is 9.97 Å². The zero-order valence-electron chi connectivity index (χ0n) is 18.8. The van der Waals surface area contributed by atoms with E-state index in [4.69, 9.17) is 4.74 Å². The lowest BCUT2D eigenvalue weighted by atomic mass is 10.1. The zero-order chi connectivity index (χ0) is 23.7. The van der Waals surface area contributed by atoms with Crippen molar-refractivity contribution in [1.29, 1.82) is 0 Å². The van der Waals surface area contributed by atoms with Crippen LogP contribution in [0.15, 0.2) is 54.9 Å². The smallest absolute Gasteiger partial charge is 0.319 e. The molecule has 1 fully saturated rings. The Morgan fingerprint density at radius 2 is 2.03 bits per heavy atom. The number of hydrogen-bond donors (Lipinski definition) is 2. The van der Waals surface area contributed by atoms with Crippen LogP contribution in [0.25, 0.3) is 20.8 Å². The first-order valence-corrected chi connectivity index (χ1v) is 11.9. The van der Waals surface area contributed by atoms with Crippen LogP contribution in [-0.2, 0) is 6.42 Å². The van der Waals surface area contributed by atoms with E-state index >= 15 is 0 Å². The SMILES string of the molecule is CCc1ccc(-c2cc3nccc(Oc4ccc(NC(=O)NC5CN(C)C5)cc4F)c3s2)nc1. The van der Waals surface area contributed by atoms with Crippen LogP contribution >= 0.6 is 11.3 Å². The number of likely N-dealkylation sites (N-methyl/N-ethyl adjacent to an activating group) is 1. The fourth-order valence-electron chi connectivity index (χ4n) is 3.82. The van der Waals surface area contributed by atoms with Crippen LogP contribution in [0.5, 0.6) is 11.5 Å². The Morgan fingerprint density at radius 3 is 2.74 bits per heavy atom. The molecule has 0 bridgehead atoms. The standard InChI is InChI=1S/C25H24FN5O2S/c1-3-15-4-6-19(28-12-15)23-11-20-24(34-23)22(8-9-27-20)33-21-7-5-16(10-18(21)26)29-25(32)30-17-13-31(2)14-17/h4-12,17H,3,13-14H2,1-2H3,(H2,29,30,32). The molecule has 0 atom stereocenters. The number of nitrogens with zero attached hydrogens (tertiary/aromatic N) is 3. The molecule has 0 saturated carbocycles. The summed E-state index contributed by atoms with van der Waals surface area (Å²) in [6.07, 6.45) is 4.44. The second kappa shape index (κ2) is 9.36. The van der Waals surface area contributed by atoms with E-state index in [0.29, 0.717) is 11.4 Å². The molecule has 2 N–H and O–H groups in total. The minimum absolute atomic E-state index is 0.0689. The maximum Gasteiger partial charge on any atom is 0.319 e. The summed E-state index contributed by atoms with van der Waals surface area (Å²) in [5, 5.41) is 5.52. The molecule has 2 amide bonds. The predicted molar refractivity (Wildman–Crippen MR) is 132 cm³/mol. The molecule has 1 saturated heterocycles. The lowest BCUT2D eigenvalue weighted by Crippen LogP contribution is -2.58. The quantitative estimate of drug-likeness (QED) is 0.395. The molecule has 0 spiro atoms. The first-order chi connectivity index (χ1) is 16.5. The lowest BCUT2D eigenvalue weighted by molar-refractivity contribution is 0.165. The fourth-order valence-corrected chi connectivity index (χ4v) is 4.87. The molecule has 0 radical (unpaired) electrons. The number of benzene rings is 1. The number of carbonyl (C=O) groups is 1. The number of aromatic nitrogens is 2. The average molecular weight is 478 g/mol. The minimum atomic E-state index is -0.570. The average Bonchev–Trinajstić information content (AvgIpc) is 3.25. The number of nitrogens with one attached hydrogen (secondary N) is 2. The molecule has 1 aliphatic rings. The summed E-state index contributed by atoms with van der Waals surface area (Å²) in [5.74, 6) is 0.0112. The number of thiophene rings is 1. The predicted octanol–water partition coefficient (Wildman–Crippen LogP) is 5.29. The van der Waals surface area contributed by atoms with Gasteiger partial charge in [-0.2, -0.15) is 0 Å². The molecule has 174 valence electrons. The Balaban J connectivity index is 1.32. The zero-order valence-corrected chi connectivity index (χ0v) is 19.7. The second-order valence-electron chi connectivity index (χ2n) is 8.30. The lowest BCUT2D eigenvalue weighted by Gasteiger charge is -2.36. The third-order valence-corrected chi connectivity index (χ3v) is 6.83. The summed E-state index contributed by atoms with van der Waals surface area (Å²) in [6, 6.07) is 11.9. The molecular weight excluding hydrogens is 453 g/mol. The number of urea groups is 1. The van der Waals surface area contributed by atoms with Gasteiger partial charge in [-0.1, -0.05) is 13.0 Å². The molecule has 4 aromatic rings. The van der Waals surface area contributed by atoms with Gasteiger partial charge < -0.3 is 20.3 Å². The normalized spacial score (nSPS) is 14.1. The van der Waals surface area contributed by atoms with Crippen molar-refractivity contribution >= 4 is 33.3 Å². The van der Waals surface area contributed by atoms with E-state index in [2.05, 4.69) is 38.5 Å². The Labute approximate surface area is 200 Å². The minimum Gasteiger partial charge on any atom is -0.453 e. The Kier molecular flexibility index (Phi) is 6.12. The third-order valence-electron chi connectivity index (χ3n) is 5.67. The maximum atomic E-state index is 14.8. The van der Waals surface area contributed by atoms with Gasteiger partial charge in [0.05, 0.1) is 26.8 Å². The van der Waals surface area contributed by atoms with Crippen LogP contribution < -0.4 is 15.4 Å². The number of amides is 2. The van der Waals surface area contributed by atoms with Crippen molar-refractivity contribution in [3.63, 3.8) is 0 Å². The van der Waals surface area contributed by atoms with Crippen LogP contribution in [-0.4, -0.2) is 47.1 Å². The number of likely N-dealkylation sites (tertiary alicyclic amines) is 1. The number of halogens is 1. The largest absolute Gasteiger partial charge is 0.453 e. The van der Waals surface area contributed by atoms with E-state index in [-0.39, 0.29) is 17.8 Å². The van der Waals surface area contributed by atoms with E-state index in [0.717, 1.165) is 40.3 Å². The molecule has 3 aromatic heterocycles. The van der Waals surface area contributed by atoms with E-state index in [1.165, 1.54) is 29.0 Å². The van der Waals surface area contributed by atoms with Crippen molar-refractivity contribution in [2.75, 3.05) is 25.5 Å². The van der Waals surface area contributed by atoms with Gasteiger partial charge in [0.15, 0.2) is 11.6 Å². The van der Waals surface area contributed by atoms with Crippen LogP contribution in [0.2, 0.25) is 0 Å². The van der Waals surface area contributed by atoms with Crippen molar-refractivity contribution in [3.05, 3.63) is 66.2 Å². The highest BCUT2D eigenvalue weighted by atomic mass is 32.1. The Morgan fingerprint density at radius 1 is 1.18 bits per heavy atom. The first kappa shape index (κ1) is 22.2. The summed E-state index contributed by atoms with van der Waals surface area (Å²) < 4.78 is 21.5.